The highest BCUT2D eigenvalue weighted by Crippen LogP contribution is 2.17. The molecule has 0 unspecified atom stereocenters. The van der Waals surface area contributed by atoms with Crippen molar-refractivity contribution in [3.63, 3.8) is 0 Å². The number of nitrogens with one attached hydrogen (secondary N) is 1. The smallest absolute Gasteiger partial charge is 0.327 e. The van der Waals surface area contributed by atoms with Gasteiger partial charge in [0.1, 0.15) is 24.1 Å². The number of hydrogen-bond acceptors (Lipinski definition) is 9. The summed E-state index contributed by atoms with van der Waals surface area (Å²) in [5, 5.41) is 0. The van der Waals surface area contributed by atoms with Gasteiger partial charge in [0.2, 0.25) is 0 Å². The maximum Gasteiger partial charge on any atom is 0.327 e. The Kier molecular flexibility index (Phi) is 12.4. The van der Waals surface area contributed by atoms with Crippen molar-refractivity contribution in [1.82, 2.24) is 19.4 Å². The van der Waals surface area contributed by atoms with Gasteiger partial charge in [-0.15, -0.1) is 0 Å². The van der Waals surface area contributed by atoms with Gasteiger partial charge >= 0.3 is 5.69 Å². The molecule has 12 nitrogen and oxygen atoms in total. The molecule has 3 rings (SSSR count). The molecule has 1 fully saturated rings. The van der Waals surface area contributed by atoms with Gasteiger partial charge < -0.3 is 25.1 Å². The number of rotatable bonds is 12. The number of hydrogen-bond donors (Lipinski definition) is 2. The van der Waals surface area contributed by atoms with Gasteiger partial charge in [-0.1, -0.05) is 13.3 Å². The monoisotopic (exact) mass is 502 g/mol. The number of carbonyl (C=O) groups excluding carboxylic acids is 1. The molecule has 12 heteroatoms. The van der Waals surface area contributed by atoms with Crippen LogP contribution >= 0.6 is 0 Å². The number of aryl methyl sites for hydroxylation is 1. The number of piperazine rings is 1. The molecule has 0 aromatic carbocycles. The Morgan fingerprint density at radius 2 is 2.03 bits per heavy atom. The van der Waals surface area contributed by atoms with E-state index in [4.69, 9.17) is 15.3 Å². The number of nitrogens with zero attached hydrogens (tertiary/aromatic N) is 6. The number of carbonyl (C=O) groups is 1. The molecule has 1 aliphatic heterocycles. The van der Waals surface area contributed by atoms with Crippen molar-refractivity contribution in [1.29, 1.82) is 0 Å². The van der Waals surface area contributed by atoms with E-state index in [2.05, 4.69) is 61.1 Å². The van der Waals surface area contributed by atoms with Crippen molar-refractivity contribution in [2.75, 3.05) is 58.1 Å². The van der Waals surface area contributed by atoms with Gasteiger partial charge in [0, 0.05) is 52.1 Å². The fourth-order valence-corrected chi connectivity index (χ4v) is 3.65. The lowest BCUT2D eigenvalue weighted by atomic mass is 10.2. The standard InChI is InChI=1S/C22H34N8O2.C2H4O2/c1-4-5-14-32-16-26-20(23)19-21(24-3)30(22(31)27-19)13-10-28-8-11-29(12-9-28)18-15-17(2)6-7-25-18;1-4-2-3/h6-7,15H,3-5,8-14,16H2,1-2H3,(H2,23,26)(H,27,31);2H,1H3. The molecule has 3 heterocycles. The molecule has 0 amide bonds. The van der Waals surface area contributed by atoms with Crippen LogP contribution in [0.3, 0.4) is 0 Å². The van der Waals surface area contributed by atoms with Gasteiger partial charge in [-0.3, -0.25) is 14.3 Å². The molecule has 0 atom stereocenters. The molecule has 36 heavy (non-hydrogen) atoms. The van der Waals surface area contributed by atoms with Gasteiger partial charge in [0.15, 0.2) is 5.82 Å². The van der Waals surface area contributed by atoms with Crippen LogP contribution in [0.2, 0.25) is 0 Å². The predicted molar refractivity (Wildman–Crippen MR) is 141 cm³/mol. The quantitative estimate of drug-likeness (QED) is 0.191. The minimum atomic E-state index is -0.268. The molecule has 198 valence electrons. The summed E-state index contributed by atoms with van der Waals surface area (Å²) in [7, 11) is 1.31. The second kappa shape index (κ2) is 15.5. The lowest BCUT2D eigenvalue weighted by Crippen LogP contribution is -2.47. The summed E-state index contributed by atoms with van der Waals surface area (Å²) >= 11 is 0. The van der Waals surface area contributed by atoms with Crippen LogP contribution in [0.4, 0.5) is 11.6 Å². The van der Waals surface area contributed by atoms with E-state index in [-0.39, 0.29) is 18.3 Å². The normalized spacial score (nSPS) is 14.2. The van der Waals surface area contributed by atoms with Gasteiger partial charge in [0.25, 0.3) is 6.47 Å². The Hall–Kier alpha value is -3.51. The second-order valence-electron chi connectivity index (χ2n) is 8.22. The molecule has 2 aromatic heterocycles. The van der Waals surface area contributed by atoms with E-state index in [0.29, 0.717) is 31.1 Å². The number of pyridine rings is 1. The first kappa shape index (κ1) is 28.7. The van der Waals surface area contributed by atoms with Gasteiger partial charge in [0.05, 0.1) is 7.11 Å². The zero-order valence-electron chi connectivity index (χ0n) is 21.5. The highest BCUT2D eigenvalue weighted by Gasteiger charge is 2.20. The van der Waals surface area contributed by atoms with Crippen LogP contribution in [0, 0.1) is 6.92 Å². The van der Waals surface area contributed by atoms with Crippen LogP contribution in [-0.4, -0.2) is 91.6 Å². The topological polar surface area (TPSA) is 143 Å². The van der Waals surface area contributed by atoms with Gasteiger partial charge in [-0.25, -0.2) is 19.8 Å². The van der Waals surface area contributed by atoms with Crippen molar-refractivity contribution in [2.45, 2.75) is 33.2 Å². The van der Waals surface area contributed by atoms with Crippen molar-refractivity contribution in [3.05, 3.63) is 40.1 Å². The molecule has 1 aliphatic rings. The molecule has 0 bridgehead atoms. The molecule has 3 N–H and O–H groups in total. The van der Waals surface area contributed by atoms with Crippen molar-refractivity contribution in [3.8, 4) is 0 Å². The fraction of sp³-hybridized carbons (Fsp3) is 0.542. The number of ether oxygens (including phenoxy) is 2. The summed E-state index contributed by atoms with van der Waals surface area (Å²) in [5.41, 5.74) is 7.39. The summed E-state index contributed by atoms with van der Waals surface area (Å²) in [5.74, 6) is 1.62. The average Bonchev–Trinajstić information content (AvgIpc) is 3.22. The number of aromatic nitrogens is 3. The third-order valence-electron chi connectivity index (χ3n) is 5.66. The second-order valence-corrected chi connectivity index (χ2v) is 8.22. The van der Waals surface area contributed by atoms with Crippen LogP contribution in [0.15, 0.2) is 33.1 Å². The Morgan fingerprint density at radius 3 is 2.64 bits per heavy atom. The molecular formula is C24H38N8O4. The Labute approximate surface area is 211 Å². The van der Waals surface area contributed by atoms with Crippen LogP contribution in [0.1, 0.15) is 31.0 Å². The molecular weight excluding hydrogens is 464 g/mol. The van der Waals surface area contributed by atoms with Crippen LogP contribution in [0.5, 0.6) is 0 Å². The summed E-state index contributed by atoms with van der Waals surface area (Å²) in [6.07, 6.45) is 3.87. The zero-order chi connectivity index (χ0) is 26.3. The van der Waals surface area contributed by atoms with E-state index < -0.39 is 0 Å². The third-order valence-corrected chi connectivity index (χ3v) is 5.66. The minimum Gasteiger partial charge on any atom is -0.471 e. The number of methoxy groups -OCH3 is 1. The molecule has 0 radical (unpaired) electrons. The number of amidine groups is 1. The lowest BCUT2D eigenvalue weighted by molar-refractivity contribution is -0.126. The van der Waals surface area contributed by atoms with Gasteiger partial charge in [-0.2, -0.15) is 0 Å². The van der Waals surface area contributed by atoms with Crippen LogP contribution in [0.25, 0.3) is 0 Å². The van der Waals surface area contributed by atoms with E-state index in [9.17, 15) is 4.79 Å². The molecule has 0 saturated carbocycles. The number of aliphatic imine (C=N–C) groups is 2. The number of imidazole rings is 1. The number of anilines is 1. The van der Waals surface area contributed by atoms with Crippen LogP contribution < -0.4 is 16.3 Å². The zero-order valence-corrected chi connectivity index (χ0v) is 21.5. The molecule has 1 saturated heterocycles. The Balaban J connectivity index is 0.00000106. The Bertz CT molecular complexity index is 1040. The minimum absolute atomic E-state index is 0.149. The number of unbranched alkanes of at least 4 members (excludes halogenated alkanes) is 1. The first-order chi connectivity index (χ1) is 17.4. The molecule has 0 spiro atoms. The molecule has 2 aromatic rings. The number of aromatic amines is 1. The average molecular weight is 503 g/mol. The third kappa shape index (κ3) is 8.61. The van der Waals surface area contributed by atoms with Gasteiger partial charge in [-0.05, 0) is 37.8 Å². The molecule has 0 aliphatic carbocycles. The maximum absolute atomic E-state index is 12.5. The summed E-state index contributed by atoms with van der Waals surface area (Å²) in [6.45, 7) is 13.8. The summed E-state index contributed by atoms with van der Waals surface area (Å²) in [6, 6.07) is 4.12. The largest absolute Gasteiger partial charge is 0.471 e. The van der Waals surface area contributed by atoms with E-state index in [0.717, 1.165) is 51.4 Å². The highest BCUT2D eigenvalue weighted by molar-refractivity contribution is 5.99. The number of H-pyrrole nitrogens is 1. The van der Waals surface area contributed by atoms with Crippen LogP contribution in [-0.2, 0) is 20.8 Å². The SMILES string of the molecule is C=Nc1c(/C(N)=N\COCCCC)[nH]c(=O)n1CCN1CCN(c2cc(C)ccn2)CC1.COC=O. The first-order valence-corrected chi connectivity index (χ1v) is 12.0. The Morgan fingerprint density at radius 1 is 1.31 bits per heavy atom. The summed E-state index contributed by atoms with van der Waals surface area (Å²) in [4.78, 5) is 41.6. The summed E-state index contributed by atoms with van der Waals surface area (Å²) < 4.78 is 10.9. The highest BCUT2D eigenvalue weighted by atomic mass is 16.5. The first-order valence-electron chi connectivity index (χ1n) is 12.0. The van der Waals surface area contributed by atoms with E-state index >= 15 is 0 Å². The lowest BCUT2D eigenvalue weighted by Gasteiger charge is -2.35. The van der Waals surface area contributed by atoms with E-state index in [1.807, 2.05) is 12.3 Å². The van der Waals surface area contributed by atoms with Crippen molar-refractivity contribution >= 4 is 30.7 Å². The van der Waals surface area contributed by atoms with Crippen molar-refractivity contribution in [2.24, 2.45) is 15.7 Å². The van der Waals surface area contributed by atoms with E-state index in [1.54, 1.807) is 4.57 Å². The number of nitrogens with two attached hydrogens (primary N) is 1. The predicted octanol–water partition coefficient (Wildman–Crippen LogP) is 1.30. The maximum atomic E-state index is 12.5. The van der Waals surface area contributed by atoms with E-state index in [1.165, 1.54) is 12.7 Å². The van der Waals surface area contributed by atoms with Crippen molar-refractivity contribution < 1.29 is 14.3 Å². The fourth-order valence-electron chi connectivity index (χ4n) is 3.65.